The number of piperidine rings is 1. The molecule has 1 saturated heterocycles. The fraction of sp³-hybridized carbons (Fsp3) is 0.643. The minimum absolute atomic E-state index is 0.0141. The molecule has 0 radical (unpaired) electrons. The van der Waals surface area contributed by atoms with Gasteiger partial charge in [-0.25, -0.2) is 0 Å². The SMILES string of the molecule is O=C(Cn1cc(NC(=O)[C@@H]2CCCNC2)cn1)NC1CC1. The number of hydrogen-bond acceptors (Lipinski definition) is 4. The highest BCUT2D eigenvalue weighted by molar-refractivity contribution is 5.92. The number of amides is 2. The van der Waals surface area contributed by atoms with Crippen LogP contribution in [0.5, 0.6) is 0 Å². The number of nitrogens with zero attached hydrogens (tertiary/aromatic N) is 2. The molecule has 0 spiro atoms. The summed E-state index contributed by atoms with van der Waals surface area (Å²) in [6.45, 7) is 1.90. The fourth-order valence-corrected chi connectivity index (χ4v) is 2.48. The molecule has 7 heteroatoms. The topological polar surface area (TPSA) is 88.1 Å². The van der Waals surface area contributed by atoms with Crippen LogP contribution >= 0.6 is 0 Å². The van der Waals surface area contributed by atoms with Gasteiger partial charge in [0.1, 0.15) is 6.54 Å². The standard InChI is InChI=1S/C14H21N5O2/c20-13(17-11-3-4-11)9-19-8-12(7-16-19)18-14(21)10-2-1-5-15-6-10/h7-8,10-11,15H,1-6,9H2,(H,17,20)(H,18,21)/t10-/m1/s1. The lowest BCUT2D eigenvalue weighted by Crippen LogP contribution is -2.37. The molecule has 2 fully saturated rings. The van der Waals surface area contributed by atoms with Crippen molar-refractivity contribution >= 4 is 17.5 Å². The van der Waals surface area contributed by atoms with Crippen LogP contribution in [0.2, 0.25) is 0 Å². The Labute approximate surface area is 123 Å². The Morgan fingerprint density at radius 3 is 2.95 bits per heavy atom. The Hall–Kier alpha value is -1.89. The number of carbonyl (C=O) groups excluding carboxylic acids is 2. The zero-order valence-corrected chi connectivity index (χ0v) is 12.0. The molecular formula is C14H21N5O2. The van der Waals surface area contributed by atoms with Crippen molar-refractivity contribution in [2.75, 3.05) is 18.4 Å². The van der Waals surface area contributed by atoms with Crippen molar-refractivity contribution in [2.45, 2.75) is 38.3 Å². The van der Waals surface area contributed by atoms with Crippen LogP contribution in [0.25, 0.3) is 0 Å². The first kappa shape index (κ1) is 14.1. The van der Waals surface area contributed by atoms with Crippen molar-refractivity contribution in [1.29, 1.82) is 0 Å². The Morgan fingerprint density at radius 2 is 2.24 bits per heavy atom. The van der Waals surface area contributed by atoms with Gasteiger partial charge in [-0.15, -0.1) is 0 Å². The smallest absolute Gasteiger partial charge is 0.241 e. The highest BCUT2D eigenvalue weighted by atomic mass is 16.2. The van der Waals surface area contributed by atoms with Crippen LogP contribution in [0.4, 0.5) is 5.69 Å². The molecule has 1 aromatic heterocycles. The summed E-state index contributed by atoms with van der Waals surface area (Å²) in [7, 11) is 0. The maximum absolute atomic E-state index is 12.1. The van der Waals surface area contributed by atoms with E-state index >= 15 is 0 Å². The van der Waals surface area contributed by atoms with E-state index in [0.29, 0.717) is 11.7 Å². The highest BCUT2D eigenvalue weighted by Gasteiger charge is 2.23. The molecule has 21 heavy (non-hydrogen) atoms. The molecule has 1 aromatic rings. The number of hydrogen-bond donors (Lipinski definition) is 3. The molecule has 0 unspecified atom stereocenters. The lowest BCUT2D eigenvalue weighted by Gasteiger charge is -2.21. The molecule has 2 heterocycles. The lowest BCUT2D eigenvalue weighted by atomic mass is 9.99. The van der Waals surface area contributed by atoms with Gasteiger partial charge in [-0.3, -0.25) is 14.3 Å². The molecule has 1 aliphatic heterocycles. The van der Waals surface area contributed by atoms with Gasteiger partial charge in [0.25, 0.3) is 0 Å². The second kappa shape index (κ2) is 6.26. The Morgan fingerprint density at radius 1 is 1.38 bits per heavy atom. The van der Waals surface area contributed by atoms with Gasteiger partial charge in [0.2, 0.25) is 11.8 Å². The molecule has 1 atom stereocenters. The Balaban J connectivity index is 1.49. The van der Waals surface area contributed by atoms with Gasteiger partial charge in [0, 0.05) is 18.8 Å². The van der Waals surface area contributed by atoms with E-state index < -0.39 is 0 Å². The summed E-state index contributed by atoms with van der Waals surface area (Å²) in [6, 6.07) is 0.353. The molecule has 0 bridgehead atoms. The summed E-state index contributed by atoms with van der Waals surface area (Å²) in [5.74, 6) is -0.000552. The van der Waals surface area contributed by atoms with E-state index in [-0.39, 0.29) is 24.3 Å². The van der Waals surface area contributed by atoms with Gasteiger partial charge in [-0.1, -0.05) is 0 Å². The average molecular weight is 291 g/mol. The molecule has 7 nitrogen and oxygen atoms in total. The number of aromatic nitrogens is 2. The number of rotatable bonds is 5. The van der Waals surface area contributed by atoms with E-state index in [9.17, 15) is 9.59 Å². The second-order valence-corrected chi connectivity index (χ2v) is 5.80. The number of carbonyl (C=O) groups is 2. The van der Waals surface area contributed by atoms with Crippen LogP contribution in [0, 0.1) is 5.92 Å². The summed E-state index contributed by atoms with van der Waals surface area (Å²) in [5.41, 5.74) is 0.643. The van der Waals surface area contributed by atoms with Gasteiger partial charge >= 0.3 is 0 Å². The number of anilines is 1. The third kappa shape index (κ3) is 4.04. The lowest BCUT2D eigenvalue weighted by molar-refractivity contribution is -0.122. The normalized spacial score (nSPS) is 21.8. The Kier molecular flexibility index (Phi) is 4.19. The van der Waals surface area contributed by atoms with E-state index in [1.165, 1.54) is 0 Å². The molecule has 2 aliphatic rings. The van der Waals surface area contributed by atoms with Crippen LogP contribution < -0.4 is 16.0 Å². The number of nitrogens with one attached hydrogen (secondary N) is 3. The summed E-state index contributed by atoms with van der Waals surface area (Å²) in [6.07, 6.45) is 7.36. The highest BCUT2D eigenvalue weighted by Crippen LogP contribution is 2.18. The van der Waals surface area contributed by atoms with E-state index in [0.717, 1.165) is 38.8 Å². The predicted molar refractivity (Wildman–Crippen MR) is 77.6 cm³/mol. The van der Waals surface area contributed by atoms with E-state index in [1.807, 2.05) is 0 Å². The minimum Gasteiger partial charge on any atom is -0.352 e. The van der Waals surface area contributed by atoms with Crippen molar-refractivity contribution in [3.8, 4) is 0 Å². The van der Waals surface area contributed by atoms with Crippen LogP contribution in [-0.2, 0) is 16.1 Å². The zero-order chi connectivity index (χ0) is 14.7. The summed E-state index contributed by atoms with van der Waals surface area (Å²) >= 11 is 0. The van der Waals surface area contributed by atoms with Crippen LogP contribution in [0.1, 0.15) is 25.7 Å². The minimum atomic E-state index is -0.0324. The first-order chi connectivity index (χ1) is 10.2. The van der Waals surface area contributed by atoms with Gasteiger partial charge in [0.15, 0.2) is 0 Å². The van der Waals surface area contributed by atoms with Crippen molar-refractivity contribution in [2.24, 2.45) is 5.92 Å². The van der Waals surface area contributed by atoms with Gasteiger partial charge in [0.05, 0.1) is 17.8 Å². The van der Waals surface area contributed by atoms with Crippen LogP contribution in [0.3, 0.4) is 0 Å². The van der Waals surface area contributed by atoms with E-state index in [4.69, 9.17) is 0 Å². The predicted octanol–water partition coefficient (Wildman–Crippen LogP) is 0.0998. The van der Waals surface area contributed by atoms with E-state index in [1.54, 1.807) is 17.1 Å². The molecule has 1 aliphatic carbocycles. The van der Waals surface area contributed by atoms with Gasteiger partial charge in [-0.2, -0.15) is 5.10 Å². The Bertz CT molecular complexity index is 517. The quantitative estimate of drug-likeness (QED) is 0.718. The van der Waals surface area contributed by atoms with Gasteiger partial charge in [-0.05, 0) is 32.2 Å². The van der Waals surface area contributed by atoms with Gasteiger partial charge < -0.3 is 16.0 Å². The molecule has 1 saturated carbocycles. The summed E-state index contributed by atoms with van der Waals surface area (Å²) < 4.78 is 1.55. The molecule has 3 N–H and O–H groups in total. The molecule has 0 aromatic carbocycles. The average Bonchev–Trinajstić information content (AvgIpc) is 3.19. The van der Waals surface area contributed by atoms with Crippen molar-refractivity contribution in [3.63, 3.8) is 0 Å². The van der Waals surface area contributed by atoms with E-state index in [2.05, 4.69) is 21.0 Å². The largest absolute Gasteiger partial charge is 0.352 e. The van der Waals surface area contributed by atoms with Crippen molar-refractivity contribution in [3.05, 3.63) is 12.4 Å². The molecular weight excluding hydrogens is 270 g/mol. The van der Waals surface area contributed by atoms with Crippen LogP contribution in [-0.4, -0.2) is 40.7 Å². The molecule has 3 rings (SSSR count). The third-order valence-corrected chi connectivity index (χ3v) is 3.82. The van der Waals surface area contributed by atoms with Crippen molar-refractivity contribution in [1.82, 2.24) is 20.4 Å². The third-order valence-electron chi connectivity index (χ3n) is 3.82. The second-order valence-electron chi connectivity index (χ2n) is 5.80. The first-order valence-corrected chi connectivity index (χ1v) is 7.54. The summed E-state index contributed by atoms with van der Waals surface area (Å²) in [4.78, 5) is 23.8. The maximum atomic E-state index is 12.1. The molecule has 114 valence electrons. The van der Waals surface area contributed by atoms with Crippen LogP contribution in [0.15, 0.2) is 12.4 Å². The summed E-state index contributed by atoms with van der Waals surface area (Å²) in [5, 5.41) is 13.1. The maximum Gasteiger partial charge on any atom is 0.241 e. The monoisotopic (exact) mass is 291 g/mol. The van der Waals surface area contributed by atoms with Crippen molar-refractivity contribution < 1.29 is 9.59 Å². The fourth-order valence-electron chi connectivity index (χ4n) is 2.48. The zero-order valence-electron chi connectivity index (χ0n) is 12.0. The molecule has 2 amide bonds. The first-order valence-electron chi connectivity index (χ1n) is 7.54.